The fraction of sp³-hybridized carbons (Fsp3) is 0.200. The van der Waals surface area contributed by atoms with E-state index < -0.39 is 11.0 Å². The van der Waals surface area contributed by atoms with Gasteiger partial charge in [-0.25, -0.2) is 0 Å². The summed E-state index contributed by atoms with van der Waals surface area (Å²) in [5.41, 5.74) is 1.60. The Kier molecular flexibility index (Phi) is 4.32. The monoisotopic (exact) mass is 273 g/mol. The number of nitrogens with zero attached hydrogens (tertiary/aromatic N) is 1. The van der Waals surface area contributed by atoms with E-state index in [1.54, 1.807) is 31.2 Å². The molecule has 0 spiro atoms. The highest BCUT2D eigenvalue weighted by molar-refractivity contribution is 5.36. The number of nitro benzene ring substituents is 1. The Morgan fingerprint density at radius 2 is 1.85 bits per heavy atom. The number of nitro groups is 1. The highest BCUT2D eigenvalue weighted by Crippen LogP contribution is 2.25. The van der Waals surface area contributed by atoms with Crippen molar-refractivity contribution in [3.8, 4) is 5.75 Å². The Balaban J connectivity index is 2.07. The average molecular weight is 273 g/mol. The summed E-state index contributed by atoms with van der Waals surface area (Å²) in [6, 6.07) is 13.5. The normalized spacial score (nSPS) is 11.9. The number of para-hydroxylation sites is 1. The van der Waals surface area contributed by atoms with Gasteiger partial charge in [0.05, 0.1) is 11.0 Å². The molecule has 0 bridgehead atoms. The van der Waals surface area contributed by atoms with Crippen LogP contribution < -0.4 is 4.74 Å². The van der Waals surface area contributed by atoms with Crippen LogP contribution in [0.2, 0.25) is 0 Å². The molecule has 104 valence electrons. The molecular formula is C15H15NO4. The topological polar surface area (TPSA) is 72.6 Å². The zero-order valence-electron chi connectivity index (χ0n) is 11.0. The minimum absolute atomic E-state index is 0.0538. The Morgan fingerprint density at radius 3 is 2.45 bits per heavy atom. The summed E-state index contributed by atoms with van der Waals surface area (Å²) in [5.74, 6) is 0.612. The lowest BCUT2D eigenvalue weighted by atomic mass is 10.1. The summed E-state index contributed by atoms with van der Waals surface area (Å²) in [7, 11) is 0. The second-order valence-electron chi connectivity index (χ2n) is 4.43. The zero-order chi connectivity index (χ0) is 14.5. The predicted octanol–water partition coefficient (Wildman–Crippen LogP) is 3.23. The maximum Gasteiger partial charge on any atom is 0.269 e. The molecule has 0 heterocycles. The first-order chi connectivity index (χ1) is 9.58. The van der Waals surface area contributed by atoms with Gasteiger partial charge in [-0.05, 0) is 30.7 Å². The first kappa shape index (κ1) is 14.0. The molecule has 0 saturated heterocycles. The highest BCUT2D eigenvalue weighted by atomic mass is 16.6. The largest absolute Gasteiger partial charge is 0.489 e. The molecule has 5 nitrogen and oxygen atoms in total. The van der Waals surface area contributed by atoms with E-state index in [1.165, 1.54) is 12.1 Å². The van der Waals surface area contributed by atoms with Gasteiger partial charge in [-0.15, -0.1) is 0 Å². The van der Waals surface area contributed by atoms with Gasteiger partial charge in [0.25, 0.3) is 5.69 Å². The van der Waals surface area contributed by atoms with Crippen molar-refractivity contribution in [1.82, 2.24) is 0 Å². The van der Waals surface area contributed by atoms with Crippen molar-refractivity contribution >= 4 is 5.69 Å². The van der Waals surface area contributed by atoms with Crippen molar-refractivity contribution in [3.05, 3.63) is 69.8 Å². The van der Waals surface area contributed by atoms with E-state index in [0.717, 1.165) is 11.1 Å². The molecule has 2 rings (SSSR count). The third-order valence-electron chi connectivity index (χ3n) is 2.91. The van der Waals surface area contributed by atoms with Crippen molar-refractivity contribution in [3.63, 3.8) is 0 Å². The second-order valence-corrected chi connectivity index (χ2v) is 4.43. The molecule has 0 radical (unpaired) electrons. The van der Waals surface area contributed by atoms with Crippen molar-refractivity contribution in [1.29, 1.82) is 0 Å². The summed E-state index contributed by atoms with van der Waals surface area (Å²) < 4.78 is 5.65. The van der Waals surface area contributed by atoms with E-state index in [0.29, 0.717) is 12.4 Å². The lowest BCUT2D eigenvalue weighted by molar-refractivity contribution is -0.384. The fourth-order valence-corrected chi connectivity index (χ4v) is 1.83. The molecule has 0 saturated carbocycles. The number of hydrogen-bond donors (Lipinski definition) is 1. The average Bonchev–Trinajstić information content (AvgIpc) is 2.45. The summed E-state index contributed by atoms with van der Waals surface area (Å²) in [6.45, 7) is 1.97. The molecule has 0 aliphatic rings. The van der Waals surface area contributed by atoms with Gasteiger partial charge in [0, 0.05) is 17.7 Å². The van der Waals surface area contributed by atoms with Crippen LogP contribution in [0.25, 0.3) is 0 Å². The van der Waals surface area contributed by atoms with E-state index in [2.05, 4.69) is 0 Å². The number of ether oxygens (including phenoxy) is 1. The molecule has 2 aromatic carbocycles. The first-order valence-electron chi connectivity index (χ1n) is 6.21. The van der Waals surface area contributed by atoms with Gasteiger partial charge in [0.1, 0.15) is 12.4 Å². The summed E-state index contributed by atoms with van der Waals surface area (Å²) in [4.78, 5) is 10.1. The minimum Gasteiger partial charge on any atom is -0.489 e. The number of non-ortho nitro benzene ring substituents is 1. The van der Waals surface area contributed by atoms with Crippen LogP contribution in [-0.4, -0.2) is 10.0 Å². The third kappa shape index (κ3) is 3.33. The number of hydrogen-bond acceptors (Lipinski definition) is 4. The van der Waals surface area contributed by atoms with Crippen LogP contribution in [0.15, 0.2) is 48.5 Å². The van der Waals surface area contributed by atoms with Crippen LogP contribution in [0.5, 0.6) is 5.75 Å². The van der Waals surface area contributed by atoms with Gasteiger partial charge < -0.3 is 9.84 Å². The Morgan fingerprint density at radius 1 is 1.20 bits per heavy atom. The van der Waals surface area contributed by atoms with Gasteiger partial charge >= 0.3 is 0 Å². The maximum absolute atomic E-state index is 10.6. The van der Waals surface area contributed by atoms with Gasteiger partial charge in [0.2, 0.25) is 0 Å². The van der Waals surface area contributed by atoms with Crippen molar-refractivity contribution < 1.29 is 14.8 Å². The summed E-state index contributed by atoms with van der Waals surface area (Å²) in [5, 5.41) is 20.2. The SMILES string of the molecule is C[C@@H](O)c1ccccc1OCc1ccc([N+](=O)[O-])cc1. The Labute approximate surface area is 116 Å². The maximum atomic E-state index is 10.6. The molecule has 1 atom stereocenters. The van der Waals surface area contributed by atoms with E-state index >= 15 is 0 Å². The summed E-state index contributed by atoms with van der Waals surface area (Å²) >= 11 is 0. The van der Waals surface area contributed by atoms with Gasteiger partial charge in [0.15, 0.2) is 0 Å². The Hall–Kier alpha value is -2.40. The molecule has 0 fully saturated rings. The molecule has 2 aromatic rings. The van der Waals surface area contributed by atoms with Crippen molar-refractivity contribution in [2.75, 3.05) is 0 Å². The van der Waals surface area contributed by atoms with Crippen LogP contribution in [0, 0.1) is 10.1 Å². The minimum atomic E-state index is -0.608. The molecular weight excluding hydrogens is 258 g/mol. The highest BCUT2D eigenvalue weighted by Gasteiger charge is 2.09. The standard InChI is InChI=1S/C15H15NO4/c1-11(17)14-4-2-3-5-15(14)20-10-12-6-8-13(9-7-12)16(18)19/h2-9,11,17H,10H2,1H3/t11-/m1/s1. The van der Waals surface area contributed by atoms with Crippen molar-refractivity contribution in [2.45, 2.75) is 19.6 Å². The molecule has 1 N–H and O–H groups in total. The molecule has 5 heteroatoms. The van der Waals surface area contributed by atoms with E-state index in [-0.39, 0.29) is 5.69 Å². The van der Waals surface area contributed by atoms with Crippen LogP contribution in [0.1, 0.15) is 24.2 Å². The molecule has 0 aliphatic carbocycles. The molecule has 0 unspecified atom stereocenters. The van der Waals surface area contributed by atoms with Crippen LogP contribution in [0.3, 0.4) is 0 Å². The van der Waals surface area contributed by atoms with Crippen LogP contribution >= 0.6 is 0 Å². The molecule has 0 aliphatic heterocycles. The fourth-order valence-electron chi connectivity index (χ4n) is 1.83. The van der Waals surface area contributed by atoms with Gasteiger partial charge in [-0.3, -0.25) is 10.1 Å². The van der Waals surface area contributed by atoms with Crippen LogP contribution in [0.4, 0.5) is 5.69 Å². The van der Waals surface area contributed by atoms with Crippen LogP contribution in [-0.2, 0) is 6.61 Å². The zero-order valence-corrected chi connectivity index (χ0v) is 11.0. The lowest BCUT2D eigenvalue weighted by Crippen LogP contribution is -2.01. The first-order valence-corrected chi connectivity index (χ1v) is 6.21. The van der Waals surface area contributed by atoms with E-state index in [4.69, 9.17) is 4.74 Å². The van der Waals surface area contributed by atoms with E-state index in [1.807, 2.05) is 12.1 Å². The predicted molar refractivity (Wildman–Crippen MR) is 74.5 cm³/mol. The van der Waals surface area contributed by atoms with Gasteiger partial charge in [-0.2, -0.15) is 0 Å². The van der Waals surface area contributed by atoms with Crippen molar-refractivity contribution in [2.24, 2.45) is 0 Å². The number of benzene rings is 2. The number of aliphatic hydroxyl groups is 1. The molecule has 20 heavy (non-hydrogen) atoms. The smallest absolute Gasteiger partial charge is 0.269 e. The Bertz CT molecular complexity index is 593. The number of rotatable bonds is 5. The van der Waals surface area contributed by atoms with E-state index in [9.17, 15) is 15.2 Å². The number of aliphatic hydroxyl groups excluding tert-OH is 1. The molecule has 0 aromatic heterocycles. The summed E-state index contributed by atoms with van der Waals surface area (Å²) in [6.07, 6.45) is -0.608. The third-order valence-corrected chi connectivity index (χ3v) is 2.91. The van der Waals surface area contributed by atoms with Gasteiger partial charge in [-0.1, -0.05) is 18.2 Å². The lowest BCUT2D eigenvalue weighted by Gasteiger charge is -2.13. The second kappa shape index (κ2) is 6.16. The quantitative estimate of drug-likeness (QED) is 0.670. The molecule has 0 amide bonds.